The monoisotopic (exact) mass is 584 g/mol. The molecule has 4 rings (SSSR count). The Balaban J connectivity index is 1.61. The first-order valence-electron chi connectivity index (χ1n) is 15.9. The number of hydrogen-bond donors (Lipinski definition) is 0. The third-order valence-electron chi connectivity index (χ3n) is 8.18. The van der Waals surface area contributed by atoms with Crippen molar-refractivity contribution in [2.75, 3.05) is 53.0 Å². The second kappa shape index (κ2) is 14.6. The molecule has 2 aliphatic rings. The van der Waals surface area contributed by atoms with E-state index in [1.807, 2.05) is 43.9 Å². The van der Waals surface area contributed by atoms with Gasteiger partial charge in [0.1, 0.15) is 23.7 Å². The molecule has 42 heavy (non-hydrogen) atoms. The van der Waals surface area contributed by atoms with Crippen molar-refractivity contribution in [3.8, 4) is 5.75 Å². The summed E-state index contributed by atoms with van der Waals surface area (Å²) in [6.45, 7) is 16.1. The van der Waals surface area contributed by atoms with Crippen LogP contribution in [0.5, 0.6) is 5.75 Å². The number of rotatable bonds is 12. The van der Waals surface area contributed by atoms with Crippen LogP contribution in [0.4, 0.5) is 4.79 Å². The lowest BCUT2D eigenvalue weighted by atomic mass is 10.0. The first kappa shape index (κ1) is 32.1. The highest BCUT2D eigenvalue weighted by atomic mass is 16.6. The van der Waals surface area contributed by atoms with Gasteiger partial charge in [-0.1, -0.05) is 12.1 Å². The van der Waals surface area contributed by atoms with Crippen molar-refractivity contribution in [1.82, 2.24) is 19.3 Å². The van der Waals surface area contributed by atoms with Gasteiger partial charge in [0, 0.05) is 51.3 Å². The van der Waals surface area contributed by atoms with Crippen molar-refractivity contribution in [2.24, 2.45) is 0 Å². The molecule has 0 spiro atoms. The average Bonchev–Trinajstić information content (AvgIpc) is 3.59. The number of para-hydroxylation sites is 1. The molecule has 0 saturated carbocycles. The molecule has 0 N–H and O–H groups in total. The summed E-state index contributed by atoms with van der Waals surface area (Å²) >= 11 is 0. The van der Waals surface area contributed by atoms with Gasteiger partial charge in [-0.2, -0.15) is 0 Å². The number of carbonyl (C=O) groups excluding carboxylic acids is 2. The van der Waals surface area contributed by atoms with Crippen molar-refractivity contribution in [3.05, 3.63) is 30.0 Å². The highest BCUT2D eigenvalue weighted by Crippen LogP contribution is 2.32. The highest BCUT2D eigenvalue weighted by Gasteiger charge is 2.35. The molecular formula is C33H52N4O5. The lowest BCUT2D eigenvalue weighted by Gasteiger charge is -2.41. The molecule has 3 heterocycles. The van der Waals surface area contributed by atoms with E-state index in [0.29, 0.717) is 38.5 Å². The number of benzene rings is 1. The smallest absolute Gasteiger partial charge is 0.410 e. The van der Waals surface area contributed by atoms with E-state index in [1.165, 1.54) is 12.8 Å². The van der Waals surface area contributed by atoms with E-state index in [9.17, 15) is 9.59 Å². The minimum Gasteiger partial charge on any atom is -0.490 e. The zero-order chi connectivity index (χ0) is 30.3. The standard InChI is InChI=1S/C33H52N4O5/c1-25(2)37(27-14-12-18-35(24-27)32(39)42-33(3,4)5)31(38)28-23-26-13-11-15-29(41-22-20-34-16-7-8-17-34)30(26)36(28)19-9-10-21-40-6/h11,13,15,23,25,27H,7-10,12,14,16-22,24H2,1-6H3/t27-/m1/s1. The predicted octanol–water partition coefficient (Wildman–Crippen LogP) is 5.79. The molecule has 0 unspecified atom stereocenters. The number of unbranched alkanes of at least 4 members (excludes halogenated alkanes) is 1. The lowest BCUT2D eigenvalue weighted by Crippen LogP contribution is -2.54. The van der Waals surface area contributed by atoms with Crippen LogP contribution < -0.4 is 4.74 Å². The first-order valence-corrected chi connectivity index (χ1v) is 15.9. The van der Waals surface area contributed by atoms with E-state index in [0.717, 1.165) is 62.0 Å². The number of amides is 2. The largest absolute Gasteiger partial charge is 0.490 e. The van der Waals surface area contributed by atoms with E-state index >= 15 is 0 Å². The molecule has 234 valence electrons. The third kappa shape index (κ3) is 8.19. The first-order chi connectivity index (χ1) is 20.1. The van der Waals surface area contributed by atoms with Crippen LogP contribution in [0, 0.1) is 0 Å². The summed E-state index contributed by atoms with van der Waals surface area (Å²) in [5.74, 6) is 0.814. The van der Waals surface area contributed by atoms with Crippen LogP contribution >= 0.6 is 0 Å². The SMILES string of the molecule is COCCCCn1c(C(=O)N(C(C)C)[C@@H]2CCCN(C(=O)OC(C)(C)C)C2)cc2cccc(OCCN3CCCC3)c21. The van der Waals surface area contributed by atoms with Crippen LogP contribution in [0.2, 0.25) is 0 Å². The second-order valence-electron chi connectivity index (χ2n) is 13.0. The van der Waals surface area contributed by atoms with Gasteiger partial charge in [0.05, 0.1) is 11.6 Å². The molecule has 1 atom stereocenters. The summed E-state index contributed by atoms with van der Waals surface area (Å²) in [5, 5.41) is 1.01. The number of likely N-dealkylation sites (tertiary alicyclic amines) is 2. The van der Waals surface area contributed by atoms with Crippen LogP contribution in [-0.4, -0.2) is 102 Å². The molecule has 0 radical (unpaired) electrons. The number of aryl methyl sites for hydroxylation is 1. The van der Waals surface area contributed by atoms with Gasteiger partial charge in [0.2, 0.25) is 0 Å². The molecule has 0 aliphatic carbocycles. The number of carbonyl (C=O) groups is 2. The fraction of sp³-hybridized carbons (Fsp3) is 0.697. The summed E-state index contributed by atoms with van der Waals surface area (Å²) < 4.78 is 19.5. The Labute approximate surface area is 252 Å². The maximum atomic E-state index is 14.5. The van der Waals surface area contributed by atoms with E-state index in [-0.39, 0.29) is 24.1 Å². The average molecular weight is 585 g/mol. The third-order valence-corrected chi connectivity index (χ3v) is 8.18. The number of aromatic nitrogens is 1. The molecule has 1 aromatic heterocycles. The highest BCUT2D eigenvalue weighted by molar-refractivity contribution is 6.00. The van der Waals surface area contributed by atoms with Gasteiger partial charge in [-0.25, -0.2) is 4.79 Å². The van der Waals surface area contributed by atoms with Gasteiger partial charge >= 0.3 is 6.09 Å². The number of piperidine rings is 1. The van der Waals surface area contributed by atoms with Gasteiger partial charge < -0.3 is 28.6 Å². The van der Waals surface area contributed by atoms with Crippen LogP contribution in [0.25, 0.3) is 10.9 Å². The Morgan fingerprint density at radius 2 is 1.79 bits per heavy atom. The summed E-state index contributed by atoms with van der Waals surface area (Å²) in [5.41, 5.74) is 1.08. The number of methoxy groups -OCH3 is 1. The van der Waals surface area contributed by atoms with Gasteiger partial charge in [-0.3, -0.25) is 9.69 Å². The Morgan fingerprint density at radius 1 is 1.02 bits per heavy atom. The van der Waals surface area contributed by atoms with Crippen molar-refractivity contribution in [1.29, 1.82) is 0 Å². The molecule has 2 aromatic rings. The summed E-state index contributed by atoms with van der Waals surface area (Å²) in [4.78, 5) is 33.6. The molecule has 9 heteroatoms. The number of ether oxygens (including phenoxy) is 3. The zero-order valence-electron chi connectivity index (χ0n) is 26.7. The Hall–Kier alpha value is -2.78. The Bertz CT molecular complexity index is 1180. The van der Waals surface area contributed by atoms with Crippen LogP contribution in [0.3, 0.4) is 0 Å². The molecular weight excluding hydrogens is 532 g/mol. The predicted molar refractivity (Wildman–Crippen MR) is 166 cm³/mol. The fourth-order valence-electron chi connectivity index (χ4n) is 6.25. The van der Waals surface area contributed by atoms with E-state index in [2.05, 4.69) is 29.4 Å². The maximum Gasteiger partial charge on any atom is 0.410 e. The van der Waals surface area contributed by atoms with E-state index in [1.54, 1.807) is 12.0 Å². The van der Waals surface area contributed by atoms with E-state index < -0.39 is 5.60 Å². The normalized spacial score (nSPS) is 18.2. The van der Waals surface area contributed by atoms with Crippen molar-refractivity contribution >= 4 is 22.9 Å². The molecule has 0 bridgehead atoms. The Kier molecular flexibility index (Phi) is 11.2. The fourth-order valence-corrected chi connectivity index (χ4v) is 6.25. The van der Waals surface area contributed by atoms with Crippen molar-refractivity contribution < 1.29 is 23.8 Å². The minimum atomic E-state index is -0.560. The van der Waals surface area contributed by atoms with Gasteiger partial charge in [0.25, 0.3) is 5.91 Å². The quantitative estimate of drug-likeness (QED) is 0.294. The van der Waals surface area contributed by atoms with Crippen LogP contribution in [-0.2, 0) is 16.0 Å². The van der Waals surface area contributed by atoms with Gasteiger partial charge in [0.15, 0.2) is 0 Å². The molecule has 2 saturated heterocycles. The van der Waals surface area contributed by atoms with Crippen LogP contribution in [0.1, 0.15) is 83.6 Å². The van der Waals surface area contributed by atoms with Crippen LogP contribution in [0.15, 0.2) is 24.3 Å². The number of hydrogen-bond acceptors (Lipinski definition) is 6. The molecule has 9 nitrogen and oxygen atoms in total. The lowest BCUT2D eigenvalue weighted by molar-refractivity contribution is 0.00733. The summed E-state index contributed by atoms with van der Waals surface area (Å²) in [7, 11) is 1.72. The van der Waals surface area contributed by atoms with Crippen molar-refractivity contribution in [2.45, 2.75) is 97.4 Å². The Morgan fingerprint density at radius 3 is 2.48 bits per heavy atom. The molecule has 2 fully saturated rings. The summed E-state index contributed by atoms with van der Waals surface area (Å²) in [6.07, 6.45) is 5.67. The maximum absolute atomic E-state index is 14.5. The second-order valence-corrected chi connectivity index (χ2v) is 13.0. The van der Waals surface area contributed by atoms with Crippen molar-refractivity contribution in [3.63, 3.8) is 0 Å². The number of fused-ring (bicyclic) bond motifs is 1. The number of nitrogens with zero attached hydrogens (tertiary/aromatic N) is 4. The van der Waals surface area contributed by atoms with E-state index in [4.69, 9.17) is 14.2 Å². The molecule has 2 aliphatic heterocycles. The zero-order valence-corrected chi connectivity index (χ0v) is 26.7. The topological polar surface area (TPSA) is 76.5 Å². The van der Waals surface area contributed by atoms with Gasteiger partial charge in [-0.05, 0) is 98.4 Å². The molecule has 1 aromatic carbocycles. The molecule has 2 amide bonds. The van der Waals surface area contributed by atoms with Gasteiger partial charge in [-0.15, -0.1) is 0 Å². The minimum absolute atomic E-state index is 0.00741. The summed E-state index contributed by atoms with van der Waals surface area (Å²) in [6, 6.07) is 8.00.